The molecule has 1 saturated heterocycles. The van der Waals surface area contributed by atoms with Crippen LogP contribution in [0, 0.1) is 0 Å². The molecule has 2 fully saturated rings. The Kier molecular flexibility index (Phi) is 6.59. The van der Waals surface area contributed by atoms with E-state index in [0.717, 1.165) is 55.5 Å². The first-order valence-electron chi connectivity index (χ1n) is 11.7. The Bertz CT molecular complexity index is 1070. The lowest BCUT2D eigenvalue weighted by atomic mass is 9.84. The second-order valence-electron chi connectivity index (χ2n) is 8.73. The molecule has 1 aliphatic heterocycles. The lowest BCUT2D eigenvalue weighted by molar-refractivity contribution is 0.122. The van der Waals surface area contributed by atoms with Gasteiger partial charge in [-0.15, -0.1) is 0 Å². The van der Waals surface area contributed by atoms with Crippen LogP contribution in [0.3, 0.4) is 0 Å². The van der Waals surface area contributed by atoms with Gasteiger partial charge in [0.2, 0.25) is 5.88 Å². The summed E-state index contributed by atoms with van der Waals surface area (Å²) in [6, 6.07) is 3.91. The molecule has 1 N–H and O–H groups in total. The molecule has 5 rings (SSSR count). The zero-order chi connectivity index (χ0) is 22.6. The number of aliphatic hydroxyl groups is 1. The first kappa shape index (κ1) is 21.9. The third-order valence-electron chi connectivity index (χ3n) is 6.45. The van der Waals surface area contributed by atoms with Crippen LogP contribution in [0.15, 0.2) is 30.7 Å². The minimum atomic E-state index is -0.0458. The molecule has 0 unspecified atom stereocenters. The average molecular weight is 454 g/mol. The molecular formula is C24H31N5O4. The van der Waals surface area contributed by atoms with Gasteiger partial charge in [0.1, 0.15) is 24.3 Å². The van der Waals surface area contributed by atoms with Crippen LogP contribution in [-0.2, 0) is 11.8 Å². The topological polar surface area (TPSA) is 94.8 Å². The molecule has 0 spiro atoms. The van der Waals surface area contributed by atoms with Crippen molar-refractivity contribution in [1.29, 1.82) is 0 Å². The van der Waals surface area contributed by atoms with E-state index in [2.05, 4.69) is 21.2 Å². The fraction of sp³-hybridized carbons (Fsp3) is 0.542. The summed E-state index contributed by atoms with van der Waals surface area (Å²) in [5.41, 5.74) is 2.13. The van der Waals surface area contributed by atoms with Crippen molar-refractivity contribution < 1.29 is 19.3 Å². The number of ether oxygens (including phenoxy) is 3. The third kappa shape index (κ3) is 5.04. The van der Waals surface area contributed by atoms with Crippen LogP contribution < -0.4 is 14.4 Å². The van der Waals surface area contributed by atoms with Gasteiger partial charge < -0.3 is 24.2 Å². The van der Waals surface area contributed by atoms with Crippen molar-refractivity contribution in [3.05, 3.63) is 36.3 Å². The van der Waals surface area contributed by atoms with Gasteiger partial charge in [-0.25, -0.2) is 0 Å². The highest BCUT2D eigenvalue weighted by atomic mass is 16.5. The van der Waals surface area contributed by atoms with Crippen LogP contribution in [0.5, 0.6) is 11.6 Å². The predicted octanol–water partition coefficient (Wildman–Crippen LogP) is 2.68. The summed E-state index contributed by atoms with van der Waals surface area (Å²) in [6.45, 7) is 3.15. The molecule has 0 atom stereocenters. The molecule has 9 heteroatoms. The maximum atomic E-state index is 9.09. The first-order chi connectivity index (χ1) is 16.2. The van der Waals surface area contributed by atoms with Crippen molar-refractivity contribution in [2.24, 2.45) is 7.05 Å². The van der Waals surface area contributed by atoms with Gasteiger partial charge in [-0.1, -0.05) is 0 Å². The van der Waals surface area contributed by atoms with Crippen LogP contribution in [0.2, 0.25) is 0 Å². The smallest absolute Gasteiger partial charge is 0.225 e. The Hall–Kier alpha value is -2.91. The zero-order valence-electron chi connectivity index (χ0n) is 19.0. The Labute approximate surface area is 193 Å². The number of hydrogen-bond donors (Lipinski definition) is 1. The van der Waals surface area contributed by atoms with Gasteiger partial charge in [0, 0.05) is 32.4 Å². The SMILES string of the molecule is Cn1cc(C2CCC(Oc3nc(N4CCOCC4)cc4ncc(OCCO)cc34)CC2)cn1. The van der Waals surface area contributed by atoms with Crippen molar-refractivity contribution in [2.45, 2.75) is 37.7 Å². The van der Waals surface area contributed by atoms with E-state index in [9.17, 15) is 0 Å². The number of nitrogens with zero attached hydrogens (tertiary/aromatic N) is 5. The molecule has 0 aromatic carbocycles. The third-order valence-corrected chi connectivity index (χ3v) is 6.45. The number of aliphatic hydroxyl groups excluding tert-OH is 1. The molecule has 3 aromatic heterocycles. The Morgan fingerprint density at radius 2 is 1.94 bits per heavy atom. The number of aromatic nitrogens is 4. The van der Waals surface area contributed by atoms with Gasteiger partial charge in [0.15, 0.2) is 0 Å². The van der Waals surface area contributed by atoms with E-state index in [1.807, 2.05) is 30.1 Å². The Morgan fingerprint density at radius 1 is 1.12 bits per heavy atom. The molecule has 176 valence electrons. The first-order valence-corrected chi connectivity index (χ1v) is 11.7. The number of pyridine rings is 2. The largest absolute Gasteiger partial charge is 0.490 e. The fourth-order valence-corrected chi connectivity index (χ4v) is 4.67. The highest BCUT2D eigenvalue weighted by Crippen LogP contribution is 2.36. The van der Waals surface area contributed by atoms with E-state index >= 15 is 0 Å². The van der Waals surface area contributed by atoms with Gasteiger partial charge in [0.05, 0.1) is 43.1 Å². The Balaban J connectivity index is 1.38. The van der Waals surface area contributed by atoms with E-state index in [1.54, 1.807) is 6.20 Å². The quantitative estimate of drug-likeness (QED) is 0.584. The maximum Gasteiger partial charge on any atom is 0.225 e. The van der Waals surface area contributed by atoms with Gasteiger partial charge in [-0.2, -0.15) is 10.1 Å². The summed E-state index contributed by atoms with van der Waals surface area (Å²) < 4.78 is 19.5. The van der Waals surface area contributed by atoms with Crippen LogP contribution >= 0.6 is 0 Å². The van der Waals surface area contributed by atoms with Gasteiger partial charge >= 0.3 is 0 Å². The molecule has 0 radical (unpaired) electrons. The molecule has 1 aliphatic carbocycles. The number of rotatable bonds is 7. The fourth-order valence-electron chi connectivity index (χ4n) is 4.67. The highest BCUT2D eigenvalue weighted by molar-refractivity contribution is 5.87. The molecule has 0 amide bonds. The zero-order valence-corrected chi connectivity index (χ0v) is 19.0. The minimum Gasteiger partial charge on any atom is -0.490 e. The normalized spacial score (nSPS) is 21.3. The van der Waals surface area contributed by atoms with Crippen LogP contribution in [0.25, 0.3) is 10.9 Å². The number of anilines is 1. The molecule has 9 nitrogen and oxygen atoms in total. The van der Waals surface area contributed by atoms with Crippen molar-refractivity contribution in [1.82, 2.24) is 19.7 Å². The summed E-state index contributed by atoms with van der Waals surface area (Å²) in [6.07, 6.45) is 9.97. The van der Waals surface area contributed by atoms with Crippen molar-refractivity contribution in [2.75, 3.05) is 44.4 Å². The van der Waals surface area contributed by atoms with E-state index in [-0.39, 0.29) is 19.3 Å². The monoisotopic (exact) mass is 453 g/mol. The number of fused-ring (bicyclic) bond motifs is 1. The average Bonchev–Trinajstić information content (AvgIpc) is 3.30. The molecule has 2 aliphatic rings. The number of morpholine rings is 1. The van der Waals surface area contributed by atoms with E-state index in [4.69, 9.17) is 24.3 Å². The minimum absolute atomic E-state index is 0.0458. The summed E-state index contributed by atoms with van der Waals surface area (Å²) in [5.74, 6) is 2.59. The van der Waals surface area contributed by atoms with Gasteiger partial charge in [-0.3, -0.25) is 9.67 Å². The van der Waals surface area contributed by atoms with Crippen LogP contribution in [0.1, 0.15) is 37.2 Å². The molecule has 0 bridgehead atoms. The lowest BCUT2D eigenvalue weighted by Gasteiger charge is -2.30. The second-order valence-corrected chi connectivity index (χ2v) is 8.73. The van der Waals surface area contributed by atoms with Gasteiger partial charge in [0.25, 0.3) is 0 Å². The number of hydrogen-bond acceptors (Lipinski definition) is 8. The molecule has 3 aromatic rings. The predicted molar refractivity (Wildman–Crippen MR) is 124 cm³/mol. The van der Waals surface area contributed by atoms with Crippen molar-refractivity contribution in [3.63, 3.8) is 0 Å². The maximum absolute atomic E-state index is 9.09. The van der Waals surface area contributed by atoms with Gasteiger partial charge in [-0.05, 0) is 43.2 Å². The number of aryl methyl sites for hydroxylation is 1. The molecule has 4 heterocycles. The summed E-state index contributed by atoms with van der Waals surface area (Å²) in [7, 11) is 1.96. The van der Waals surface area contributed by atoms with Crippen molar-refractivity contribution >= 4 is 16.7 Å². The Morgan fingerprint density at radius 3 is 2.67 bits per heavy atom. The lowest BCUT2D eigenvalue weighted by Crippen LogP contribution is -2.36. The van der Waals surface area contributed by atoms with Crippen LogP contribution in [-0.4, -0.2) is 70.5 Å². The van der Waals surface area contributed by atoms with E-state index in [1.165, 1.54) is 5.56 Å². The molecule has 33 heavy (non-hydrogen) atoms. The second kappa shape index (κ2) is 9.93. The van der Waals surface area contributed by atoms with Crippen molar-refractivity contribution in [3.8, 4) is 11.6 Å². The van der Waals surface area contributed by atoms with E-state index < -0.39 is 0 Å². The van der Waals surface area contributed by atoms with Crippen LogP contribution in [0.4, 0.5) is 5.82 Å². The summed E-state index contributed by atoms with van der Waals surface area (Å²) in [5, 5.41) is 14.2. The molecular weight excluding hydrogens is 422 g/mol. The highest BCUT2D eigenvalue weighted by Gasteiger charge is 2.26. The van der Waals surface area contributed by atoms with E-state index in [0.29, 0.717) is 30.8 Å². The molecule has 1 saturated carbocycles. The standard InChI is InChI=1S/C24H31N5O4/c1-28-16-18(14-26-28)17-2-4-19(5-3-17)33-24-21-12-20(32-11-8-30)15-25-22(21)13-23(27-24)29-6-9-31-10-7-29/h12-17,19,30H,2-11H2,1H3. The summed E-state index contributed by atoms with van der Waals surface area (Å²) in [4.78, 5) is 11.7. The summed E-state index contributed by atoms with van der Waals surface area (Å²) >= 11 is 0.